The summed E-state index contributed by atoms with van der Waals surface area (Å²) in [4.78, 5) is 6.26. The van der Waals surface area contributed by atoms with E-state index in [0.717, 1.165) is 16.8 Å². The van der Waals surface area contributed by atoms with Gasteiger partial charge < -0.3 is 10.7 Å². The van der Waals surface area contributed by atoms with Crippen molar-refractivity contribution in [3.63, 3.8) is 0 Å². The van der Waals surface area contributed by atoms with Crippen molar-refractivity contribution in [3.8, 4) is 0 Å². The Balaban J connectivity index is 1.70. The van der Waals surface area contributed by atoms with Gasteiger partial charge in [-0.15, -0.1) is 5.10 Å². The van der Waals surface area contributed by atoms with Crippen LogP contribution in [0.4, 0.5) is 0 Å². The molecule has 5 N–H and O–H groups in total. The molecule has 0 aliphatic rings. The molecule has 0 unspecified atom stereocenters. The highest BCUT2D eigenvalue weighted by Crippen LogP contribution is 2.10. The first-order valence-electron chi connectivity index (χ1n) is 11.1. The van der Waals surface area contributed by atoms with E-state index < -0.39 is 0 Å². The van der Waals surface area contributed by atoms with Gasteiger partial charge in [-0.3, -0.25) is 15.3 Å². The van der Waals surface area contributed by atoms with E-state index in [0.29, 0.717) is 44.1 Å². The van der Waals surface area contributed by atoms with Gasteiger partial charge in [0.05, 0.1) is 30.7 Å². The molecule has 0 spiro atoms. The third-order valence-electron chi connectivity index (χ3n) is 5.02. The van der Waals surface area contributed by atoms with Gasteiger partial charge >= 0.3 is 0 Å². The minimum Gasteiger partial charge on any atom is -0.400 e. The Morgan fingerprint density at radius 2 is 1.69 bits per heavy atom. The highest BCUT2D eigenvalue weighted by atomic mass is 15.4. The maximum Gasteiger partial charge on any atom is 0.0967 e. The van der Waals surface area contributed by atoms with Gasteiger partial charge in [-0.05, 0) is 17.8 Å². The molecule has 0 amide bonds. The molecule has 0 aliphatic heterocycles. The molecule has 1 aromatic heterocycles. The van der Waals surface area contributed by atoms with E-state index in [2.05, 4.69) is 56.3 Å². The maximum absolute atomic E-state index is 6.21. The van der Waals surface area contributed by atoms with E-state index in [4.69, 9.17) is 11.6 Å². The number of aromatic nitrogens is 3. The quantitative estimate of drug-likeness (QED) is 0.186. The van der Waals surface area contributed by atoms with E-state index in [9.17, 15) is 0 Å². The van der Waals surface area contributed by atoms with Crippen LogP contribution in [0.1, 0.15) is 16.8 Å². The number of hydrazone groups is 1. The summed E-state index contributed by atoms with van der Waals surface area (Å²) >= 11 is 0. The molecular formula is C25H32N10. The van der Waals surface area contributed by atoms with Crippen LogP contribution in [-0.4, -0.2) is 51.4 Å². The lowest BCUT2D eigenvalue weighted by Crippen LogP contribution is -2.32. The van der Waals surface area contributed by atoms with E-state index in [1.165, 1.54) is 0 Å². The normalized spacial score (nSPS) is 11.9. The molecule has 0 bridgehead atoms. The Labute approximate surface area is 205 Å². The molecule has 0 radical (unpaired) electrons. The lowest BCUT2D eigenvalue weighted by atomic mass is 10.2. The molecule has 0 fully saturated rings. The fourth-order valence-corrected chi connectivity index (χ4v) is 3.48. The van der Waals surface area contributed by atoms with E-state index in [1.807, 2.05) is 59.4 Å². The number of nitrogens with zero attached hydrogens (tertiary/aromatic N) is 7. The third kappa shape index (κ3) is 8.88. The molecular weight excluding hydrogens is 440 g/mol. The zero-order chi connectivity index (χ0) is 24.9. The molecule has 35 heavy (non-hydrogen) atoms. The largest absolute Gasteiger partial charge is 0.400 e. The first kappa shape index (κ1) is 25.3. The molecule has 0 aliphatic carbocycles. The van der Waals surface area contributed by atoms with Crippen molar-refractivity contribution >= 4 is 13.4 Å². The number of hydrazine groups is 1. The van der Waals surface area contributed by atoms with Gasteiger partial charge in [0.2, 0.25) is 0 Å². The highest BCUT2D eigenvalue weighted by Gasteiger charge is 2.13. The number of nitrogens with one attached hydrogen (secondary N) is 1. The molecule has 10 nitrogen and oxygen atoms in total. The zero-order valence-electron chi connectivity index (χ0n) is 19.7. The average Bonchev–Trinajstić information content (AvgIpc) is 3.29. The van der Waals surface area contributed by atoms with E-state index in [1.54, 1.807) is 17.4 Å². The molecule has 2 aromatic carbocycles. The molecule has 0 saturated carbocycles. The fourth-order valence-electron chi connectivity index (χ4n) is 3.48. The number of hydrogen-bond acceptors (Lipinski definition) is 9. The van der Waals surface area contributed by atoms with Gasteiger partial charge in [-0.1, -0.05) is 65.9 Å². The number of hydrogen-bond donors (Lipinski definition) is 3. The van der Waals surface area contributed by atoms with Crippen LogP contribution in [0, 0.1) is 0 Å². The van der Waals surface area contributed by atoms with Crippen molar-refractivity contribution < 1.29 is 0 Å². The first-order valence-corrected chi connectivity index (χ1v) is 11.1. The molecule has 0 atom stereocenters. The zero-order valence-corrected chi connectivity index (χ0v) is 19.7. The summed E-state index contributed by atoms with van der Waals surface area (Å²) in [6.07, 6.45) is 5.31. The second-order valence-corrected chi connectivity index (χ2v) is 7.98. The summed E-state index contributed by atoms with van der Waals surface area (Å²) in [7, 11) is 0. The Morgan fingerprint density at radius 3 is 2.34 bits per heavy atom. The van der Waals surface area contributed by atoms with Crippen LogP contribution in [0.25, 0.3) is 0 Å². The average molecular weight is 473 g/mol. The SMILES string of the molecule is C=NN/C=C(\N)CN(C/C(=C/N(N)Cc1ccccc1)N=C)Cc1cn(Cc2ccccc2)nn1. The fraction of sp³-hybridized carbons (Fsp3) is 0.200. The van der Waals surface area contributed by atoms with Crippen molar-refractivity contribution in [3.05, 3.63) is 107 Å². The van der Waals surface area contributed by atoms with Gasteiger partial charge in [0.15, 0.2) is 0 Å². The van der Waals surface area contributed by atoms with Crippen molar-refractivity contribution in [2.45, 2.75) is 19.6 Å². The van der Waals surface area contributed by atoms with Crippen LogP contribution in [-0.2, 0) is 19.6 Å². The van der Waals surface area contributed by atoms with Crippen molar-refractivity contribution in [2.75, 3.05) is 13.1 Å². The third-order valence-corrected chi connectivity index (χ3v) is 5.02. The highest BCUT2D eigenvalue weighted by molar-refractivity contribution is 5.29. The standard InChI is InChI=1S/C25H32N10/c1-28-24(19-34(27)14-21-9-5-3-6-10-21)17-33(16-23(26)13-30-29-2)18-25-20-35(32-31-25)15-22-11-7-4-8-12-22/h3-13,19-20,30H,1-2,14-18,26-27H2/b23-13-,24-19-. The van der Waals surface area contributed by atoms with Crippen molar-refractivity contribution in [2.24, 2.45) is 21.7 Å². The number of rotatable bonds is 14. The number of aliphatic imine (C=N–C) groups is 1. The van der Waals surface area contributed by atoms with Crippen LogP contribution >= 0.6 is 0 Å². The van der Waals surface area contributed by atoms with E-state index >= 15 is 0 Å². The lowest BCUT2D eigenvalue weighted by molar-refractivity contribution is 0.301. The summed E-state index contributed by atoms with van der Waals surface area (Å²) in [5.74, 6) is 6.21. The van der Waals surface area contributed by atoms with Gasteiger partial charge in [-0.25, -0.2) is 10.5 Å². The van der Waals surface area contributed by atoms with Crippen molar-refractivity contribution in [1.82, 2.24) is 30.3 Å². The van der Waals surface area contributed by atoms with E-state index in [-0.39, 0.29) is 0 Å². The summed E-state index contributed by atoms with van der Waals surface area (Å²) in [5.41, 5.74) is 13.2. The lowest BCUT2D eigenvalue weighted by Gasteiger charge is -2.23. The smallest absolute Gasteiger partial charge is 0.0967 e. The molecule has 1 heterocycles. The van der Waals surface area contributed by atoms with Gasteiger partial charge in [0.1, 0.15) is 0 Å². The second-order valence-electron chi connectivity index (χ2n) is 7.98. The van der Waals surface area contributed by atoms with Gasteiger partial charge in [0.25, 0.3) is 0 Å². The number of nitrogens with two attached hydrogens (primary N) is 2. The Morgan fingerprint density at radius 1 is 1.00 bits per heavy atom. The summed E-state index contributed by atoms with van der Waals surface area (Å²) in [6.45, 7) is 9.70. The molecule has 3 rings (SSSR count). The Kier molecular flexibility index (Phi) is 9.73. The topological polar surface area (TPSA) is 126 Å². The maximum atomic E-state index is 6.21. The monoisotopic (exact) mass is 472 g/mol. The molecule has 3 aromatic rings. The molecule has 0 saturated heterocycles. The summed E-state index contributed by atoms with van der Waals surface area (Å²) in [5, 5.41) is 13.8. The summed E-state index contributed by atoms with van der Waals surface area (Å²) in [6, 6.07) is 20.1. The first-order chi connectivity index (χ1) is 17.1. The van der Waals surface area contributed by atoms with Crippen LogP contribution in [0.15, 0.2) is 101 Å². The van der Waals surface area contributed by atoms with Gasteiger partial charge in [-0.2, -0.15) is 5.10 Å². The minimum absolute atomic E-state index is 0.435. The predicted octanol–water partition coefficient (Wildman–Crippen LogP) is 2.05. The van der Waals surface area contributed by atoms with Crippen LogP contribution in [0.2, 0.25) is 0 Å². The second kappa shape index (κ2) is 13.4. The Hall–Kier alpha value is -4.28. The predicted molar refractivity (Wildman–Crippen MR) is 140 cm³/mol. The molecule has 10 heteroatoms. The summed E-state index contributed by atoms with van der Waals surface area (Å²) < 4.78 is 1.81. The minimum atomic E-state index is 0.435. The number of benzene rings is 2. The van der Waals surface area contributed by atoms with Gasteiger partial charge in [0, 0.05) is 44.4 Å². The molecule has 182 valence electrons. The Bertz CT molecular complexity index is 1120. The van der Waals surface area contributed by atoms with Crippen LogP contribution < -0.4 is 17.0 Å². The van der Waals surface area contributed by atoms with Crippen molar-refractivity contribution in [1.29, 1.82) is 0 Å². The van der Waals surface area contributed by atoms with Crippen LogP contribution in [0.3, 0.4) is 0 Å². The van der Waals surface area contributed by atoms with Crippen LogP contribution in [0.5, 0.6) is 0 Å².